The monoisotopic (exact) mass is 310 g/mol. The van der Waals surface area contributed by atoms with E-state index in [1.807, 2.05) is 19.2 Å². The molecule has 1 amide bonds. The first kappa shape index (κ1) is 15.0. The van der Waals surface area contributed by atoms with Gasteiger partial charge in [0.1, 0.15) is 17.5 Å². The van der Waals surface area contributed by atoms with Gasteiger partial charge in [-0.2, -0.15) is 5.26 Å². The van der Waals surface area contributed by atoms with Crippen LogP contribution in [0.25, 0.3) is 0 Å². The topological polar surface area (TPSA) is 86.8 Å². The van der Waals surface area contributed by atoms with E-state index in [2.05, 4.69) is 20.2 Å². The first-order valence-corrected chi connectivity index (χ1v) is 7.55. The van der Waals surface area contributed by atoms with Gasteiger partial charge in [-0.15, -0.1) is 0 Å². The Morgan fingerprint density at radius 2 is 2.13 bits per heavy atom. The summed E-state index contributed by atoms with van der Waals surface area (Å²) < 4.78 is 1.72. The number of pyridine rings is 1. The van der Waals surface area contributed by atoms with Gasteiger partial charge in [0.2, 0.25) is 0 Å². The van der Waals surface area contributed by atoms with E-state index in [-0.39, 0.29) is 11.9 Å². The van der Waals surface area contributed by atoms with Gasteiger partial charge in [0.25, 0.3) is 5.91 Å². The van der Waals surface area contributed by atoms with Crippen LogP contribution in [0.2, 0.25) is 0 Å². The van der Waals surface area contributed by atoms with E-state index in [1.54, 1.807) is 29.4 Å². The summed E-state index contributed by atoms with van der Waals surface area (Å²) in [5.74, 6) is -0.0801. The fraction of sp³-hybridized carbons (Fsp3) is 0.375. The number of rotatable bonds is 3. The van der Waals surface area contributed by atoms with Crippen LogP contribution >= 0.6 is 0 Å². The first-order valence-electron chi connectivity index (χ1n) is 7.55. The fourth-order valence-electron chi connectivity index (χ4n) is 2.76. The molecular formula is C16H18N6O. The molecule has 118 valence electrons. The van der Waals surface area contributed by atoms with Gasteiger partial charge in [-0.3, -0.25) is 4.79 Å². The number of hydrogen-bond acceptors (Lipinski definition) is 5. The van der Waals surface area contributed by atoms with Crippen LogP contribution in [0.4, 0.5) is 5.69 Å². The van der Waals surface area contributed by atoms with Gasteiger partial charge in [0.05, 0.1) is 24.4 Å². The molecule has 23 heavy (non-hydrogen) atoms. The maximum atomic E-state index is 12.2. The number of aryl methyl sites for hydroxylation is 1. The van der Waals surface area contributed by atoms with Crippen LogP contribution in [0.3, 0.4) is 0 Å². The lowest BCUT2D eigenvalue weighted by Crippen LogP contribution is -2.45. The Morgan fingerprint density at radius 1 is 1.35 bits per heavy atom. The number of imidazole rings is 1. The van der Waals surface area contributed by atoms with E-state index < -0.39 is 0 Å². The SMILES string of the molecule is Cn1cncc1C(=O)NC1CCN(c2ccc(C#N)nc2)CC1. The Labute approximate surface area is 134 Å². The van der Waals surface area contributed by atoms with Crippen LogP contribution in [-0.2, 0) is 7.05 Å². The smallest absolute Gasteiger partial charge is 0.269 e. The average molecular weight is 310 g/mol. The Kier molecular flexibility index (Phi) is 4.24. The summed E-state index contributed by atoms with van der Waals surface area (Å²) >= 11 is 0. The highest BCUT2D eigenvalue weighted by Crippen LogP contribution is 2.19. The van der Waals surface area contributed by atoms with Crippen molar-refractivity contribution in [2.75, 3.05) is 18.0 Å². The van der Waals surface area contributed by atoms with E-state index in [1.165, 1.54) is 0 Å². The van der Waals surface area contributed by atoms with E-state index in [0.29, 0.717) is 11.4 Å². The minimum Gasteiger partial charge on any atom is -0.370 e. The molecule has 2 aromatic heterocycles. The molecule has 0 atom stereocenters. The number of hydrogen-bond donors (Lipinski definition) is 1. The lowest BCUT2D eigenvalue weighted by molar-refractivity contribution is 0.0923. The molecule has 7 nitrogen and oxygen atoms in total. The second-order valence-corrected chi connectivity index (χ2v) is 5.64. The van der Waals surface area contributed by atoms with Gasteiger partial charge in [-0.05, 0) is 25.0 Å². The minimum absolute atomic E-state index is 0.0801. The van der Waals surface area contributed by atoms with Crippen molar-refractivity contribution < 1.29 is 4.79 Å². The molecule has 1 saturated heterocycles. The number of nitrogens with zero attached hydrogens (tertiary/aromatic N) is 5. The second kappa shape index (κ2) is 6.48. The molecule has 3 rings (SSSR count). The highest BCUT2D eigenvalue weighted by Gasteiger charge is 2.22. The van der Waals surface area contributed by atoms with Gasteiger partial charge >= 0.3 is 0 Å². The zero-order chi connectivity index (χ0) is 16.2. The molecule has 0 bridgehead atoms. The van der Waals surface area contributed by atoms with E-state index in [0.717, 1.165) is 31.6 Å². The largest absolute Gasteiger partial charge is 0.370 e. The van der Waals surface area contributed by atoms with Crippen molar-refractivity contribution >= 4 is 11.6 Å². The summed E-state index contributed by atoms with van der Waals surface area (Å²) in [5.41, 5.74) is 2.01. The molecule has 1 aliphatic rings. The van der Waals surface area contributed by atoms with Crippen molar-refractivity contribution in [1.82, 2.24) is 19.9 Å². The third-order valence-electron chi connectivity index (χ3n) is 4.11. The van der Waals surface area contributed by atoms with Crippen LogP contribution in [-0.4, -0.2) is 39.6 Å². The molecule has 0 aromatic carbocycles. The highest BCUT2D eigenvalue weighted by molar-refractivity contribution is 5.92. The second-order valence-electron chi connectivity index (χ2n) is 5.64. The lowest BCUT2D eigenvalue weighted by atomic mass is 10.0. The number of piperidine rings is 1. The summed E-state index contributed by atoms with van der Waals surface area (Å²) in [4.78, 5) is 22.5. The average Bonchev–Trinajstić information content (AvgIpc) is 3.02. The predicted octanol–water partition coefficient (Wildman–Crippen LogP) is 1.09. The van der Waals surface area contributed by atoms with E-state index in [4.69, 9.17) is 5.26 Å². The minimum atomic E-state index is -0.0801. The zero-order valence-electron chi connectivity index (χ0n) is 12.9. The van der Waals surface area contributed by atoms with Crippen molar-refractivity contribution in [3.63, 3.8) is 0 Å². The number of aromatic nitrogens is 3. The zero-order valence-corrected chi connectivity index (χ0v) is 12.9. The third kappa shape index (κ3) is 3.31. The number of nitriles is 1. The summed E-state index contributed by atoms with van der Waals surface area (Å²) in [5, 5.41) is 11.9. The highest BCUT2D eigenvalue weighted by atomic mass is 16.2. The molecular weight excluding hydrogens is 292 g/mol. The number of amides is 1. The molecule has 2 aromatic rings. The number of nitrogens with one attached hydrogen (secondary N) is 1. The van der Waals surface area contributed by atoms with E-state index >= 15 is 0 Å². The third-order valence-corrected chi connectivity index (χ3v) is 4.11. The number of carbonyl (C=O) groups excluding carboxylic acids is 1. The summed E-state index contributed by atoms with van der Waals surface area (Å²) in [6.07, 6.45) is 6.68. The molecule has 1 fully saturated rings. The molecule has 7 heteroatoms. The van der Waals surface area contributed by atoms with Gasteiger partial charge < -0.3 is 14.8 Å². The van der Waals surface area contributed by atoms with Crippen molar-refractivity contribution in [3.8, 4) is 6.07 Å². The van der Waals surface area contributed by atoms with Crippen molar-refractivity contribution in [2.45, 2.75) is 18.9 Å². The van der Waals surface area contributed by atoms with Crippen LogP contribution in [0.5, 0.6) is 0 Å². The van der Waals surface area contributed by atoms with Gasteiger partial charge in [-0.25, -0.2) is 9.97 Å². The molecule has 0 unspecified atom stereocenters. The van der Waals surface area contributed by atoms with Gasteiger partial charge in [0.15, 0.2) is 0 Å². The Bertz CT molecular complexity index is 722. The van der Waals surface area contributed by atoms with Crippen molar-refractivity contribution in [1.29, 1.82) is 5.26 Å². The van der Waals surface area contributed by atoms with Crippen LogP contribution in [0, 0.1) is 11.3 Å². The molecule has 1 aliphatic heterocycles. The van der Waals surface area contributed by atoms with Crippen LogP contribution in [0.15, 0.2) is 30.9 Å². The maximum absolute atomic E-state index is 12.2. The quantitative estimate of drug-likeness (QED) is 0.917. The fourth-order valence-corrected chi connectivity index (χ4v) is 2.76. The van der Waals surface area contributed by atoms with Crippen molar-refractivity contribution in [3.05, 3.63) is 42.2 Å². The normalized spacial score (nSPS) is 15.2. The number of carbonyl (C=O) groups is 1. The van der Waals surface area contributed by atoms with Crippen LogP contribution < -0.4 is 10.2 Å². The Balaban J connectivity index is 1.55. The van der Waals surface area contributed by atoms with Gasteiger partial charge in [0, 0.05) is 26.2 Å². The predicted molar refractivity (Wildman–Crippen MR) is 84.9 cm³/mol. The number of anilines is 1. The molecule has 0 spiro atoms. The van der Waals surface area contributed by atoms with E-state index in [9.17, 15) is 4.79 Å². The molecule has 0 aliphatic carbocycles. The lowest BCUT2D eigenvalue weighted by Gasteiger charge is -2.33. The summed E-state index contributed by atoms with van der Waals surface area (Å²) in [6, 6.07) is 5.83. The Hall–Kier alpha value is -2.88. The molecule has 0 saturated carbocycles. The summed E-state index contributed by atoms with van der Waals surface area (Å²) in [7, 11) is 1.81. The molecule has 3 heterocycles. The standard InChI is InChI=1S/C16H18N6O/c1-21-11-18-10-15(21)16(23)20-12-4-6-22(7-5-12)14-3-2-13(8-17)19-9-14/h2-3,9-12H,4-7H2,1H3,(H,20,23). The van der Waals surface area contributed by atoms with Crippen molar-refractivity contribution in [2.24, 2.45) is 7.05 Å². The summed E-state index contributed by atoms with van der Waals surface area (Å²) in [6.45, 7) is 1.70. The van der Waals surface area contributed by atoms with Crippen LogP contribution in [0.1, 0.15) is 29.0 Å². The maximum Gasteiger partial charge on any atom is 0.269 e. The first-order chi connectivity index (χ1) is 11.2. The Morgan fingerprint density at radius 3 is 2.70 bits per heavy atom. The van der Waals surface area contributed by atoms with Gasteiger partial charge in [-0.1, -0.05) is 0 Å². The molecule has 0 radical (unpaired) electrons. The molecule has 1 N–H and O–H groups in total.